The van der Waals surface area contributed by atoms with Gasteiger partial charge < -0.3 is 15.5 Å². The van der Waals surface area contributed by atoms with Crippen molar-refractivity contribution >= 4 is 11.7 Å². The van der Waals surface area contributed by atoms with Crippen molar-refractivity contribution in [1.29, 1.82) is 0 Å². The third-order valence-corrected chi connectivity index (χ3v) is 6.79. The molecule has 6 nitrogen and oxygen atoms in total. The molecule has 0 aromatic heterocycles. The zero-order chi connectivity index (χ0) is 25.3. The number of rotatable bonds is 13. The number of nitrogens with zero attached hydrogens (tertiary/aromatic N) is 2. The molecule has 1 amide bonds. The molecule has 0 aliphatic rings. The molecule has 0 aliphatic carbocycles. The van der Waals surface area contributed by atoms with E-state index in [9.17, 15) is 9.59 Å². The van der Waals surface area contributed by atoms with Crippen molar-refractivity contribution in [3.8, 4) is 0 Å². The molecule has 34 heavy (non-hydrogen) atoms. The van der Waals surface area contributed by atoms with Gasteiger partial charge in [-0.15, -0.1) is 0 Å². The number of nitrogens with one attached hydrogen (secondary N) is 2. The van der Waals surface area contributed by atoms with Crippen LogP contribution < -0.4 is 10.6 Å². The maximum atomic E-state index is 13.8. The van der Waals surface area contributed by atoms with E-state index in [1.54, 1.807) is 4.90 Å². The minimum Gasteiger partial charge on any atom is -0.340 e. The fourth-order valence-electron chi connectivity index (χ4n) is 4.36. The Labute approximate surface area is 205 Å². The van der Waals surface area contributed by atoms with Gasteiger partial charge in [0.2, 0.25) is 0 Å². The largest absolute Gasteiger partial charge is 0.340 e. The first kappa shape index (κ1) is 27.7. The van der Waals surface area contributed by atoms with Gasteiger partial charge in [0.1, 0.15) is 0 Å². The Bertz CT molecular complexity index is 924. The molecule has 0 saturated carbocycles. The molecule has 2 N–H and O–H groups in total. The molecule has 2 rings (SSSR count). The van der Waals surface area contributed by atoms with Crippen molar-refractivity contribution < 1.29 is 9.59 Å². The lowest BCUT2D eigenvalue weighted by Gasteiger charge is -2.38. The number of ketones is 1. The second kappa shape index (κ2) is 12.8. The van der Waals surface area contributed by atoms with Gasteiger partial charge in [0, 0.05) is 37.3 Å². The molecule has 0 fully saturated rings. The Morgan fingerprint density at radius 1 is 0.941 bits per heavy atom. The van der Waals surface area contributed by atoms with Crippen molar-refractivity contribution in [3.05, 3.63) is 70.8 Å². The number of hydrogen-bond acceptors (Lipinski definition) is 5. The van der Waals surface area contributed by atoms with Crippen LogP contribution in [0.2, 0.25) is 0 Å². The summed E-state index contributed by atoms with van der Waals surface area (Å²) in [6.07, 6.45) is 1.26. The second-order valence-corrected chi connectivity index (χ2v) is 9.21. The van der Waals surface area contributed by atoms with Crippen LogP contribution in [0.15, 0.2) is 48.5 Å². The van der Waals surface area contributed by atoms with E-state index < -0.39 is 5.54 Å². The van der Waals surface area contributed by atoms with Crippen LogP contribution in [-0.4, -0.2) is 74.9 Å². The van der Waals surface area contributed by atoms with Crippen LogP contribution in [0.1, 0.15) is 65.1 Å². The zero-order valence-electron chi connectivity index (χ0n) is 21.9. The minimum atomic E-state index is -0.663. The fraction of sp³-hybridized carbons (Fsp3) is 0.500. The van der Waals surface area contributed by atoms with Gasteiger partial charge in [-0.3, -0.25) is 14.5 Å². The molecule has 2 unspecified atom stereocenters. The topological polar surface area (TPSA) is 64.7 Å². The van der Waals surface area contributed by atoms with Crippen molar-refractivity contribution in [2.24, 2.45) is 0 Å². The van der Waals surface area contributed by atoms with Gasteiger partial charge in [-0.25, -0.2) is 0 Å². The first-order chi connectivity index (χ1) is 16.2. The second-order valence-electron chi connectivity index (χ2n) is 9.21. The Morgan fingerprint density at radius 2 is 1.53 bits per heavy atom. The molecule has 0 saturated heterocycles. The lowest BCUT2D eigenvalue weighted by molar-refractivity contribution is 0.0666. The summed E-state index contributed by atoms with van der Waals surface area (Å²) < 4.78 is 0. The molecule has 0 aliphatic heterocycles. The van der Waals surface area contributed by atoms with Crippen molar-refractivity contribution in [3.63, 3.8) is 0 Å². The minimum absolute atomic E-state index is 0.000813. The molecule has 2 atom stereocenters. The molecule has 186 valence electrons. The molecule has 2 aromatic carbocycles. The number of Topliss-reactive ketones (excluding diaryl/α,β-unsaturated/α-hetero) is 1. The van der Waals surface area contributed by atoms with Crippen LogP contribution in [0.5, 0.6) is 0 Å². The Kier molecular flexibility index (Phi) is 10.4. The molecular formula is C28H42N4O2. The quantitative estimate of drug-likeness (QED) is 0.440. The van der Waals surface area contributed by atoms with Gasteiger partial charge >= 0.3 is 0 Å². The summed E-state index contributed by atoms with van der Waals surface area (Å²) in [7, 11) is 7.62. The van der Waals surface area contributed by atoms with Crippen LogP contribution in [0.4, 0.5) is 0 Å². The van der Waals surface area contributed by atoms with Crippen LogP contribution in [0.25, 0.3) is 0 Å². The van der Waals surface area contributed by atoms with Gasteiger partial charge in [-0.1, -0.05) is 50.2 Å². The van der Waals surface area contributed by atoms with E-state index in [0.29, 0.717) is 24.9 Å². The fourth-order valence-corrected chi connectivity index (χ4v) is 4.36. The molecule has 6 heteroatoms. The zero-order valence-corrected chi connectivity index (χ0v) is 21.9. The van der Waals surface area contributed by atoms with Gasteiger partial charge in [-0.2, -0.15) is 0 Å². The lowest BCUT2D eigenvalue weighted by atomic mass is 9.80. The third kappa shape index (κ3) is 6.53. The lowest BCUT2D eigenvalue weighted by Crippen LogP contribution is -2.52. The maximum absolute atomic E-state index is 13.8. The smallest absolute Gasteiger partial charge is 0.253 e. The van der Waals surface area contributed by atoms with Crippen LogP contribution in [-0.2, 0) is 6.42 Å². The van der Waals surface area contributed by atoms with Gasteiger partial charge in [-0.05, 0) is 70.7 Å². The molecule has 0 spiro atoms. The summed E-state index contributed by atoms with van der Waals surface area (Å²) in [5.74, 6) is 0.119. The number of carbonyl (C=O) groups excluding carboxylic acids is 2. The highest BCUT2D eigenvalue weighted by molar-refractivity contribution is 6.03. The first-order valence-electron chi connectivity index (χ1n) is 12.2. The number of likely N-dealkylation sites (N-methyl/N-ethyl adjacent to an activating group) is 3. The van der Waals surface area contributed by atoms with E-state index in [1.165, 1.54) is 5.56 Å². The van der Waals surface area contributed by atoms with Crippen LogP contribution in [0.3, 0.4) is 0 Å². The van der Waals surface area contributed by atoms with Crippen LogP contribution in [0, 0.1) is 0 Å². The third-order valence-electron chi connectivity index (χ3n) is 6.79. The molecule has 0 bridgehead atoms. The SMILES string of the molecule is CCNC(C)c1ccc(C(=O)C(CC)(Cc2ccc(C(=O)N(C)CCNC)cc2)N(C)C)cc1. The summed E-state index contributed by atoms with van der Waals surface area (Å²) in [6, 6.07) is 15.9. The molecule has 0 radical (unpaired) electrons. The predicted molar refractivity (Wildman–Crippen MR) is 141 cm³/mol. The van der Waals surface area contributed by atoms with Gasteiger partial charge in [0.05, 0.1) is 5.54 Å². The van der Waals surface area contributed by atoms with E-state index in [1.807, 2.05) is 81.6 Å². The number of amides is 1. The van der Waals surface area contributed by atoms with E-state index in [2.05, 4.69) is 31.4 Å². The van der Waals surface area contributed by atoms with Crippen molar-refractivity contribution in [2.45, 2.75) is 45.2 Å². The highest BCUT2D eigenvalue weighted by atomic mass is 16.2. The monoisotopic (exact) mass is 466 g/mol. The van der Waals surface area contributed by atoms with Gasteiger partial charge in [0.25, 0.3) is 5.91 Å². The standard InChI is InChI=1S/C28H42N4O2/c1-8-28(31(5)6,26(33)24-16-14-23(15-17-24)21(3)30-9-2)20-22-10-12-25(13-11-22)27(34)32(7)19-18-29-4/h10-17,21,29-30H,8-9,18-20H2,1-7H3. The normalized spacial score (nSPS) is 14.0. The summed E-state index contributed by atoms with van der Waals surface area (Å²) in [5, 5.41) is 6.47. The summed E-state index contributed by atoms with van der Waals surface area (Å²) in [5.41, 5.74) is 2.93. The molecular weight excluding hydrogens is 424 g/mol. The predicted octanol–water partition coefficient (Wildman–Crippen LogP) is 3.78. The average Bonchev–Trinajstić information content (AvgIpc) is 2.85. The van der Waals surface area contributed by atoms with Crippen molar-refractivity contribution in [1.82, 2.24) is 20.4 Å². The number of benzene rings is 2. The molecule has 2 aromatic rings. The highest BCUT2D eigenvalue weighted by Gasteiger charge is 2.39. The van der Waals surface area contributed by atoms with Gasteiger partial charge in [0.15, 0.2) is 5.78 Å². The van der Waals surface area contributed by atoms with Crippen molar-refractivity contribution in [2.75, 3.05) is 47.8 Å². The van der Waals surface area contributed by atoms with E-state index >= 15 is 0 Å². The van der Waals surface area contributed by atoms with E-state index in [-0.39, 0.29) is 17.7 Å². The number of carbonyl (C=O) groups is 2. The summed E-state index contributed by atoms with van der Waals surface area (Å²) >= 11 is 0. The summed E-state index contributed by atoms with van der Waals surface area (Å²) in [6.45, 7) is 8.58. The van der Waals surface area contributed by atoms with Crippen LogP contribution >= 0.6 is 0 Å². The van der Waals surface area contributed by atoms with E-state index in [4.69, 9.17) is 0 Å². The average molecular weight is 467 g/mol. The molecule has 0 heterocycles. The Morgan fingerprint density at radius 3 is 2.03 bits per heavy atom. The summed E-state index contributed by atoms with van der Waals surface area (Å²) in [4.78, 5) is 30.2. The maximum Gasteiger partial charge on any atom is 0.253 e. The first-order valence-corrected chi connectivity index (χ1v) is 12.2. The van der Waals surface area contributed by atoms with E-state index in [0.717, 1.165) is 24.2 Å². The number of hydrogen-bond donors (Lipinski definition) is 2. The Hall–Kier alpha value is -2.54. The highest BCUT2D eigenvalue weighted by Crippen LogP contribution is 2.28. The Balaban J connectivity index is 2.25.